The molecule has 2 amide bonds. The molecule has 20 heavy (non-hydrogen) atoms. The number of nitrogens with zero attached hydrogens (tertiary/aromatic N) is 2. The van der Waals surface area contributed by atoms with E-state index in [0.29, 0.717) is 19.6 Å². The maximum atomic E-state index is 12.1. The van der Waals surface area contributed by atoms with Crippen molar-refractivity contribution in [3.63, 3.8) is 0 Å². The average Bonchev–Trinajstić information content (AvgIpc) is 3.20. The minimum atomic E-state index is -0.765. The summed E-state index contributed by atoms with van der Waals surface area (Å²) in [4.78, 5) is 26.5. The van der Waals surface area contributed by atoms with Gasteiger partial charge in [-0.2, -0.15) is 0 Å². The lowest BCUT2D eigenvalue weighted by Gasteiger charge is -2.35. The Morgan fingerprint density at radius 2 is 1.90 bits per heavy atom. The molecule has 2 N–H and O–H groups in total. The zero-order valence-electron chi connectivity index (χ0n) is 12.2. The van der Waals surface area contributed by atoms with Gasteiger partial charge in [0.2, 0.25) is 0 Å². The molecule has 1 saturated carbocycles. The SMILES string of the molecule is CC(CC1CC1)NC(=O)N1CCN(CCC(=O)O)CC1. The Hall–Kier alpha value is -1.30. The molecule has 6 heteroatoms. The molecule has 2 rings (SSSR count). The molecule has 2 fully saturated rings. The average molecular weight is 283 g/mol. The van der Waals surface area contributed by atoms with Crippen molar-refractivity contribution in [3.05, 3.63) is 0 Å². The molecule has 1 aliphatic heterocycles. The summed E-state index contributed by atoms with van der Waals surface area (Å²) in [5.41, 5.74) is 0. The van der Waals surface area contributed by atoms with Crippen LogP contribution in [0, 0.1) is 5.92 Å². The minimum absolute atomic E-state index is 0.0241. The number of hydrogen-bond acceptors (Lipinski definition) is 3. The lowest BCUT2D eigenvalue weighted by molar-refractivity contribution is -0.137. The number of piperazine rings is 1. The van der Waals surface area contributed by atoms with Crippen molar-refractivity contribution >= 4 is 12.0 Å². The predicted octanol–water partition coefficient (Wildman–Crippen LogP) is 0.977. The van der Waals surface area contributed by atoms with Gasteiger partial charge >= 0.3 is 12.0 Å². The Morgan fingerprint density at radius 1 is 1.25 bits per heavy atom. The van der Waals surface area contributed by atoms with Crippen LogP contribution in [-0.4, -0.2) is 65.7 Å². The Labute approximate surface area is 120 Å². The van der Waals surface area contributed by atoms with Crippen molar-refractivity contribution in [1.82, 2.24) is 15.1 Å². The Bertz CT molecular complexity index is 350. The standard InChI is InChI=1S/C14H25N3O3/c1-11(10-12-2-3-12)15-14(20)17-8-6-16(7-9-17)5-4-13(18)19/h11-12H,2-10H2,1H3,(H,15,20)(H,18,19). The van der Waals surface area contributed by atoms with E-state index in [9.17, 15) is 9.59 Å². The fraction of sp³-hybridized carbons (Fsp3) is 0.857. The third-order valence-corrected chi connectivity index (χ3v) is 4.06. The largest absolute Gasteiger partial charge is 0.481 e. The van der Waals surface area contributed by atoms with Crippen molar-refractivity contribution in [2.24, 2.45) is 5.92 Å². The third-order valence-electron chi connectivity index (χ3n) is 4.06. The smallest absolute Gasteiger partial charge is 0.317 e. The fourth-order valence-electron chi connectivity index (χ4n) is 2.64. The van der Waals surface area contributed by atoms with Crippen LogP contribution in [0.3, 0.4) is 0 Å². The van der Waals surface area contributed by atoms with Gasteiger partial charge < -0.3 is 15.3 Å². The highest BCUT2D eigenvalue weighted by molar-refractivity contribution is 5.74. The molecule has 1 atom stereocenters. The van der Waals surface area contributed by atoms with E-state index in [2.05, 4.69) is 17.1 Å². The van der Waals surface area contributed by atoms with Gasteiger partial charge in [0.15, 0.2) is 0 Å². The molecule has 0 aromatic rings. The number of rotatable bonds is 6. The van der Waals surface area contributed by atoms with Crippen LogP contribution in [-0.2, 0) is 4.79 Å². The van der Waals surface area contributed by atoms with Gasteiger partial charge in [0.25, 0.3) is 0 Å². The van der Waals surface area contributed by atoms with E-state index < -0.39 is 5.97 Å². The number of urea groups is 1. The zero-order chi connectivity index (χ0) is 14.5. The van der Waals surface area contributed by atoms with Gasteiger partial charge in [0, 0.05) is 38.8 Å². The normalized spacial score (nSPS) is 21.6. The Morgan fingerprint density at radius 3 is 2.45 bits per heavy atom. The second-order valence-corrected chi connectivity index (χ2v) is 6.00. The molecule has 1 aliphatic carbocycles. The number of carbonyl (C=O) groups excluding carboxylic acids is 1. The molecule has 1 unspecified atom stereocenters. The van der Waals surface area contributed by atoms with Crippen molar-refractivity contribution in [2.75, 3.05) is 32.7 Å². The van der Waals surface area contributed by atoms with Crippen LogP contribution >= 0.6 is 0 Å². The number of hydrogen-bond donors (Lipinski definition) is 2. The first-order valence-corrected chi connectivity index (χ1v) is 7.54. The molecule has 1 heterocycles. The Kier molecular flexibility index (Phi) is 5.23. The Balaban J connectivity index is 1.64. The first-order valence-electron chi connectivity index (χ1n) is 7.54. The van der Waals surface area contributed by atoms with Gasteiger partial charge in [0.05, 0.1) is 6.42 Å². The van der Waals surface area contributed by atoms with E-state index >= 15 is 0 Å². The summed E-state index contributed by atoms with van der Waals surface area (Å²) < 4.78 is 0. The summed E-state index contributed by atoms with van der Waals surface area (Å²) in [5.74, 6) is 0.0530. The van der Waals surface area contributed by atoms with Crippen molar-refractivity contribution < 1.29 is 14.7 Å². The lowest BCUT2D eigenvalue weighted by Crippen LogP contribution is -2.53. The molecule has 6 nitrogen and oxygen atoms in total. The molecule has 0 radical (unpaired) electrons. The summed E-state index contributed by atoms with van der Waals surface area (Å²) >= 11 is 0. The predicted molar refractivity (Wildman–Crippen MR) is 75.6 cm³/mol. The van der Waals surface area contributed by atoms with Gasteiger partial charge in [0.1, 0.15) is 0 Å². The number of carboxylic acids is 1. The van der Waals surface area contributed by atoms with Gasteiger partial charge in [-0.25, -0.2) is 4.79 Å². The summed E-state index contributed by atoms with van der Waals surface area (Å²) in [6, 6.07) is 0.274. The zero-order valence-corrected chi connectivity index (χ0v) is 12.2. The van der Waals surface area contributed by atoms with Crippen LogP contribution in [0.2, 0.25) is 0 Å². The summed E-state index contributed by atoms with van der Waals surface area (Å²) in [7, 11) is 0. The molecule has 0 bridgehead atoms. The molecule has 1 saturated heterocycles. The molecule has 0 aromatic carbocycles. The van der Waals surface area contributed by atoms with Crippen LogP contribution in [0.4, 0.5) is 4.79 Å². The van der Waals surface area contributed by atoms with Crippen LogP contribution in [0.15, 0.2) is 0 Å². The monoisotopic (exact) mass is 283 g/mol. The number of carboxylic acid groups (broad SMARTS) is 1. The molecule has 114 valence electrons. The number of carbonyl (C=O) groups is 2. The van der Waals surface area contributed by atoms with Crippen molar-refractivity contribution in [3.8, 4) is 0 Å². The van der Waals surface area contributed by atoms with E-state index in [1.807, 2.05) is 4.90 Å². The highest BCUT2D eigenvalue weighted by atomic mass is 16.4. The lowest BCUT2D eigenvalue weighted by atomic mass is 10.1. The van der Waals surface area contributed by atoms with Crippen molar-refractivity contribution in [1.29, 1.82) is 0 Å². The maximum absolute atomic E-state index is 12.1. The number of aliphatic carboxylic acids is 1. The van der Waals surface area contributed by atoms with Crippen LogP contribution in [0.5, 0.6) is 0 Å². The molecular weight excluding hydrogens is 258 g/mol. The summed E-state index contributed by atoms with van der Waals surface area (Å²) in [5, 5.41) is 11.7. The first-order chi connectivity index (χ1) is 9.54. The van der Waals surface area contributed by atoms with Gasteiger partial charge in [-0.15, -0.1) is 0 Å². The topological polar surface area (TPSA) is 72.9 Å². The van der Waals surface area contributed by atoms with Crippen molar-refractivity contribution in [2.45, 2.75) is 38.6 Å². The highest BCUT2D eigenvalue weighted by Gasteiger charge is 2.26. The summed E-state index contributed by atoms with van der Waals surface area (Å²) in [6.45, 7) is 5.53. The summed E-state index contributed by atoms with van der Waals surface area (Å²) in [6.07, 6.45) is 3.87. The van der Waals surface area contributed by atoms with E-state index in [0.717, 1.165) is 25.4 Å². The maximum Gasteiger partial charge on any atom is 0.317 e. The fourth-order valence-corrected chi connectivity index (χ4v) is 2.64. The molecule has 0 aromatic heterocycles. The highest BCUT2D eigenvalue weighted by Crippen LogP contribution is 2.33. The number of nitrogens with one attached hydrogen (secondary N) is 1. The third kappa shape index (κ3) is 5.00. The quantitative estimate of drug-likeness (QED) is 0.762. The van der Waals surface area contributed by atoms with E-state index in [1.165, 1.54) is 12.8 Å². The van der Waals surface area contributed by atoms with Gasteiger partial charge in [-0.3, -0.25) is 9.69 Å². The molecule has 2 aliphatic rings. The first kappa shape index (κ1) is 15.1. The van der Waals surface area contributed by atoms with E-state index in [-0.39, 0.29) is 18.5 Å². The van der Waals surface area contributed by atoms with Gasteiger partial charge in [-0.1, -0.05) is 12.8 Å². The second kappa shape index (κ2) is 6.92. The van der Waals surface area contributed by atoms with Crippen LogP contribution in [0.1, 0.15) is 32.6 Å². The van der Waals surface area contributed by atoms with E-state index in [1.54, 1.807) is 0 Å². The molecular formula is C14H25N3O3. The number of amides is 2. The second-order valence-electron chi connectivity index (χ2n) is 6.00. The molecule has 0 spiro atoms. The van der Waals surface area contributed by atoms with Crippen LogP contribution in [0.25, 0.3) is 0 Å². The van der Waals surface area contributed by atoms with E-state index in [4.69, 9.17) is 5.11 Å². The minimum Gasteiger partial charge on any atom is -0.481 e. The van der Waals surface area contributed by atoms with Gasteiger partial charge in [-0.05, 0) is 19.3 Å². The van der Waals surface area contributed by atoms with Crippen LogP contribution < -0.4 is 5.32 Å².